The van der Waals surface area contributed by atoms with Crippen LogP contribution in [0.3, 0.4) is 0 Å². The van der Waals surface area contributed by atoms with Crippen molar-refractivity contribution in [1.82, 2.24) is 15.3 Å². The maximum atomic E-state index is 12.0. The van der Waals surface area contributed by atoms with Crippen molar-refractivity contribution in [3.63, 3.8) is 0 Å². The zero-order chi connectivity index (χ0) is 15.4. The van der Waals surface area contributed by atoms with Crippen molar-refractivity contribution in [2.75, 3.05) is 0 Å². The molecule has 0 unspecified atom stereocenters. The summed E-state index contributed by atoms with van der Waals surface area (Å²) in [4.78, 5) is 20.5. The van der Waals surface area contributed by atoms with Crippen molar-refractivity contribution < 1.29 is 4.79 Å². The summed E-state index contributed by atoms with van der Waals surface area (Å²) in [5.41, 5.74) is 3.75. The molecule has 0 atom stereocenters. The minimum absolute atomic E-state index is 0.140. The number of pyridine rings is 1. The summed E-state index contributed by atoms with van der Waals surface area (Å²) in [5.74, 6) is -0.140. The first-order valence-electron chi connectivity index (χ1n) is 6.92. The Morgan fingerprint density at radius 2 is 2.09 bits per heavy atom. The Balaban J connectivity index is 1.68. The number of hydrogen-bond acceptors (Lipinski definition) is 4. The molecule has 1 N–H and O–H groups in total. The molecule has 2 aromatic heterocycles. The van der Waals surface area contributed by atoms with Gasteiger partial charge in [0.2, 0.25) is 0 Å². The van der Waals surface area contributed by atoms with Crippen LogP contribution in [0.25, 0.3) is 10.6 Å². The van der Waals surface area contributed by atoms with Gasteiger partial charge in [-0.25, -0.2) is 4.98 Å². The summed E-state index contributed by atoms with van der Waals surface area (Å²) in [5, 5.41) is 5.81. The number of thiazole rings is 1. The van der Waals surface area contributed by atoms with Crippen molar-refractivity contribution in [2.45, 2.75) is 13.5 Å². The van der Waals surface area contributed by atoms with E-state index in [4.69, 9.17) is 0 Å². The van der Waals surface area contributed by atoms with E-state index in [1.165, 1.54) is 5.56 Å². The molecule has 22 heavy (non-hydrogen) atoms. The second kappa shape index (κ2) is 6.49. The number of nitrogens with zero attached hydrogens (tertiary/aromatic N) is 2. The SMILES string of the molecule is Cc1ccccc1-c1nc(CNC(=O)c2cccnc2)cs1. The third kappa shape index (κ3) is 3.20. The average molecular weight is 309 g/mol. The molecule has 5 heteroatoms. The third-order valence-electron chi connectivity index (χ3n) is 3.28. The van der Waals surface area contributed by atoms with E-state index in [9.17, 15) is 4.79 Å². The predicted molar refractivity (Wildman–Crippen MR) is 87.7 cm³/mol. The Labute approximate surface area is 132 Å². The lowest BCUT2D eigenvalue weighted by atomic mass is 10.1. The monoisotopic (exact) mass is 309 g/mol. The van der Waals surface area contributed by atoms with Gasteiger partial charge in [-0.15, -0.1) is 11.3 Å². The molecule has 0 aliphatic rings. The van der Waals surface area contributed by atoms with E-state index >= 15 is 0 Å². The van der Waals surface area contributed by atoms with Crippen LogP contribution in [0.5, 0.6) is 0 Å². The van der Waals surface area contributed by atoms with Crippen molar-refractivity contribution in [2.24, 2.45) is 0 Å². The van der Waals surface area contributed by atoms with Gasteiger partial charge in [0.15, 0.2) is 0 Å². The molecule has 110 valence electrons. The quantitative estimate of drug-likeness (QED) is 0.803. The van der Waals surface area contributed by atoms with Gasteiger partial charge in [0.05, 0.1) is 17.8 Å². The number of aromatic nitrogens is 2. The molecular weight excluding hydrogens is 294 g/mol. The molecule has 0 aliphatic heterocycles. The van der Waals surface area contributed by atoms with E-state index in [0.717, 1.165) is 16.3 Å². The molecule has 0 saturated heterocycles. The Hall–Kier alpha value is -2.53. The highest BCUT2D eigenvalue weighted by Crippen LogP contribution is 2.26. The minimum atomic E-state index is -0.140. The smallest absolute Gasteiger partial charge is 0.253 e. The summed E-state index contributed by atoms with van der Waals surface area (Å²) < 4.78 is 0. The van der Waals surface area contributed by atoms with Crippen LogP contribution >= 0.6 is 11.3 Å². The van der Waals surface area contributed by atoms with Crippen LogP contribution < -0.4 is 5.32 Å². The molecular formula is C17H15N3OS. The standard InChI is InChI=1S/C17H15N3OS/c1-12-5-2-3-7-15(12)17-20-14(11-22-17)10-19-16(21)13-6-4-8-18-9-13/h2-9,11H,10H2,1H3,(H,19,21). The lowest BCUT2D eigenvalue weighted by Crippen LogP contribution is -2.22. The molecule has 3 rings (SSSR count). The molecule has 0 fully saturated rings. The Bertz CT molecular complexity index is 783. The molecule has 0 bridgehead atoms. The van der Waals surface area contributed by atoms with E-state index < -0.39 is 0 Å². The lowest BCUT2D eigenvalue weighted by molar-refractivity contribution is 0.0950. The number of carbonyl (C=O) groups excluding carboxylic acids is 1. The van der Waals surface area contributed by atoms with Gasteiger partial charge in [-0.1, -0.05) is 24.3 Å². The van der Waals surface area contributed by atoms with E-state index in [1.807, 2.05) is 17.5 Å². The number of nitrogens with one attached hydrogen (secondary N) is 1. The molecule has 2 heterocycles. The topological polar surface area (TPSA) is 54.9 Å². The Kier molecular flexibility index (Phi) is 4.25. The normalized spacial score (nSPS) is 10.4. The highest BCUT2D eigenvalue weighted by atomic mass is 32.1. The largest absolute Gasteiger partial charge is 0.346 e. The fourth-order valence-corrected chi connectivity index (χ4v) is 3.00. The summed E-state index contributed by atoms with van der Waals surface area (Å²) >= 11 is 1.59. The first-order valence-corrected chi connectivity index (χ1v) is 7.80. The lowest BCUT2D eigenvalue weighted by Gasteiger charge is -2.03. The number of carbonyl (C=O) groups is 1. The van der Waals surface area contributed by atoms with Crippen molar-refractivity contribution in [1.29, 1.82) is 0 Å². The molecule has 0 spiro atoms. The second-order valence-electron chi connectivity index (χ2n) is 4.88. The average Bonchev–Trinajstić information content (AvgIpc) is 3.02. The van der Waals surface area contributed by atoms with Crippen molar-refractivity contribution in [3.05, 3.63) is 71.0 Å². The van der Waals surface area contributed by atoms with E-state index in [-0.39, 0.29) is 5.91 Å². The van der Waals surface area contributed by atoms with Gasteiger partial charge < -0.3 is 5.32 Å². The summed E-state index contributed by atoms with van der Waals surface area (Å²) in [7, 11) is 0. The fourth-order valence-electron chi connectivity index (χ4n) is 2.09. The first kappa shape index (κ1) is 14.4. The number of hydrogen-bond donors (Lipinski definition) is 1. The fraction of sp³-hybridized carbons (Fsp3) is 0.118. The summed E-state index contributed by atoms with van der Waals surface area (Å²) in [6.45, 7) is 2.48. The van der Waals surface area contributed by atoms with Crippen LogP contribution in [0.15, 0.2) is 54.2 Å². The zero-order valence-corrected chi connectivity index (χ0v) is 12.9. The molecule has 3 aromatic rings. The number of rotatable bonds is 4. The minimum Gasteiger partial charge on any atom is -0.346 e. The predicted octanol–water partition coefficient (Wildman–Crippen LogP) is 3.44. The van der Waals surface area contributed by atoms with Gasteiger partial charge in [0.1, 0.15) is 5.01 Å². The molecule has 4 nitrogen and oxygen atoms in total. The van der Waals surface area contributed by atoms with Crippen LogP contribution in [0.2, 0.25) is 0 Å². The van der Waals surface area contributed by atoms with Crippen molar-refractivity contribution >= 4 is 17.2 Å². The van der Waals surface area contributed by atoms with Gasteiger partial charge in [-0.2, -0.15) is 0 Å². The molecule has 1 aromatic carbocycles. The molecule has 0 saturated carbocycles. The Morgan fingerprint density at radius 3 is 2.86 bits per heavy atom. The molecule has 0 aliphatic carbocycles. The maximum Gasteiger partial charge on any atom is 0.253 e. The maximum absolute atomic E-state index is 12.0. The first-order chi connectivity index (χ1) is 10.7. The van der Waals surface area contributed by atoms with E-state index in [0.29, 0.717) is 12.1 Å². The van der Waals surface area contributed by atoms with Gasteiger partial charge in [-0.3, -0.25) is 9.78 Å². The van der Waals surface area contributed by atoms with Gasteiger partial charge in [0, 0.05) is 23.3 Å². The van der Waals surface area contributed by atoms with Crippen LogP contribution in [-0.2, 0) is 6.54 Å². The number of benzene rings is 1. The summed E-state index contributed by atoms with van der Waals surface area (Å²) in [6.07, 6.45) is 3.20. The highest BCUT2D eigenvalue weighted by Gasteiger charge is 2.09. The van der Waals surface area contributed by atoms with Gasteiger partial charge in [-0.05, 0) is 24.6 Å². The molecule has 1 amide bonds. The van der Waals surface area contributed by atoms with Gasteiger partial charge in [0.25, 0.3) is 5.91 Å². The van der Waals surface area contributed by atoms with E-state index in [2.05, 4.69) is 34.3 Å². The van der Waals surface area contributed by atoms with Crippen LogP contribution in [0.1, 0.15) is 21.6 Å². The number of aryl methyl sites for hydroxylation is 1. The Morgan fingerprint density at radius 1 is 1.23 bits per heavy atom. The second-order valence-corrected chi connectivity index (χ2v) is 5.74. The van der Waals surface area contributed by atoms with Crippen LogP contribution in [0, 0.1) is 6.92 Å². The highest BCUT2D eigenvalue weighted by molar-refractivity contribution is 7.13. The van der Waals surface area contributed by atoms with E-state index in [1.54, 1.807) is 35.9 Å². The van der Waals surface area contributed by atoms with Crippen LogP contribution in [-0.4, -0.2) is 15.9 Å². The zero-order valence-electron chi connectivity index (χ0n) is 12.1. The molecule has 0 radical (unpaired) electrons. The third-order valence-corrected chi connectivity index (χ3v) is 4.21. The number of amides is 1. The van der Waals surface area contributed by atoms with Crippen LogP contribution in [0.4, 0.5) is 0 Å². The summed E-state index contributed by atoms with van der Waals surface area (Å²) in [6, 6.07) is 11.6. The van der Waals surface area contributed by atoms with Gasteiger partial charge >= 0.3 is 0 Å². The van der Waals surface area contributed by atoms with Crippen molar-refractivity contribution in [3.8, 4) is 10.6 Å².